The maximum atomic E-state index is 13.0. The van der Waals surface area contributed by atoms with Gasteiger partial charge in [-0.05, 0) is 11.8 Å². The minimum absolute atomic E-state index is 0.0491. The second kappa shape index (κ2) is 7.01. The second-order valence-corrected chi connectivity index (χ2v) is 6.69. The summed E-state index contributed by atoms with van der Waals surface area (Å²) in [5.74, 6) is -0.841. The maximum absolute atomic E-state index is 13.0. The number of Topliss-reactive ketones (excluding diaryl/α,β-unsaturated/α-hetero) is 1. The molecule has 3 nitrogen and oxygen atoms in total. The van der Waals surface area contributed by atoms with E-state index in [-0.39, 0.29) is 35.9 Å². The fraction of sp³-hybridized carbons (Fsp3) is 0.867. The molecule has 0 fully saturated rings. The molecule has 0 spiro atoms. The van der Waals surface area contributed by atoms with Crippen molar-refractivity contribution in [1.29, 1.82) is 0 Å². The number of carbonyl (C=O) groups is 2. The van der Waals surface area contributed by atoms with Crippen molar-refractivity contribution in [3.05, 3.63) is 0 Å². The first-order valence-corrected chi connectivity index (χ1v) is 6.82. The maximum Gasteiger partial charge on any atom is 0.225 e. The van der Waals surface area contributed by atoms with Crippen molar-refractivity contribution in [2.24, 2.45) is 23.2 Å². The third-order valence-corrected chi connectivity index (χ3v) is 3.70. The number of amides is 1. The Kier molecular flexibility index (Phi) is 6.67. The van der Waals surface area contributed by atoms with Gasteiger partial charge in [-0.15, -0.1) is 0 Å². The first-order chi connectivity index (χ1) is 8.52. The molecule has 0 aliphatic rings. The van der Waals surface area contributed by atoms with Crippen LogP contribution in [-0.4, -0.2) is 37.4 Å². The van der Waals surface area contributed by atoms with Gasteiger partial charge in [0.05, 0.1) is 6.67 Å². The SMILES string of the molecule is C[C@@H](CF)[C@@H](CC(=O)C(C)(C)C)[C@@H](C)C(=O)N(C)C. The molecule has 1 amide bonds. The molecule has 0 saturated carbocycles. The molecule has 112 valence electrons. The van der Waals surface area contributed by atoms with Crippen molar-refractivity contribution < 1.29 is 14.0 Å². The highest BCUT2D eigenvalue weighted by Gasteiger charge is 2.34. The summed E-state index contributed by atoms with van der Waals surface area (Å²) in [6.07, 6.45) is 0.259. The molecule has 3 atom stereocenters. The van der Waals surface area contributed by atoms with Crippen LogP contribution in [0.4, 0.5) is 4.39 Å². The normalized spacial score (nSPS) is 16.6. The van der Waals surface area contributed by atoms with E-state index >= 15 is 0 Å². The molecule has 4 heteroatoms. The fourth-order valence-electron chi connectivity index (χ4n) is 2.10. The van der Waals surface area contributed by atoms with Gasteiger partial charge in [0.1, 0.15) is 5.78 Å². The summed E-state index contributed by atoms with van der Waals surface area (Å²) in [5, 5.41) is 0. The number of hydrogen-bond acceptors (Lipinski definition) is 2. The summed E-state index contributed by atoms with van der Waals surface area (Å²) in [4.78, 5) is 25.7. The largest absolute Gasteiger partial charge is 0.349 e. The van der Waals surface area contributed by atoms with Crippen LogP contribution in [0.15, 0.2) is 0 Å². The van der Waals surface area contributed by atoms with Gasteiger partial charge in [-0.25, -0.2) is 0 Å². The van der Waals surface area contributed by atoms with E-state index in [0.29, 0.717) is 0 Å². The van der Waals surface area contributed by atoms with E-state index in [9.17, 15) is 14.0 Å². The zero-order chi connectivity index (χ0) is 15.4. The van der Waals surface area contributed by atoms with Gasteiger partial charge >= 0.3 is 0 Å². The summed E-state index contributed by atoms with van der Waals surface area (Å²) in [6, 6.07) is 0. The molecule has 0 N–H and O–H groups in total. The van der Waals surface area contributed by atoms with E-state index in [1.165, 1.54) is 4.90 Å². The molecule has 0 rings (SSSR count). The van der Waals surface area contributed by atoms with E-state index in [1.807, 2.05) is 20.8 Å². The zero-order valence-corrected chi connectivity index (χ0v) is 13.3. The molecule has 0 unspecified atom stereocenters. The van der Waals surface area contributed by atoms with E-state index in [4.69, 9.17) is 0 Å². The van der Waals surface area contributed by atoms with Gasteiger partial charge in [0.25, 0.3) is 0 Å². The first-order valence-electron chi connectivity index (χ1n) is 6.82. The number of nitrogens with zero attached hydrogens (tertiary/aromatic N) is 1. The van der Waals surface area contributed by atoms with E-state index in [2.05, 4.69) is 0 Å². The van der Waals surface area contributed by atoms with E-state index < -0.39 is 12.1 Å². The summed E-state index contributed by atoms with van der Waals surface area (Å²) < 4.78 is 13.0. The summed E-state index contributed by atoms with van der Waals surface area (Å²) in [7, 11) is 3.36. The Bertz CT molecular complexity index is 321. The Morgan fingerprint density at radius 1 is 1.16 bits per heavy atom. The molecule has 0 radical (unpaired) electrons. The molecule has 0 aromatic rings. The van der Waals surface area contributed by atoms with E-state index in [0.717, 1.165) is 0 Å². The standard InChI is InChI=1S/C15H28FNO2/c1-10(9-16)12(8-13(18)15(3,4)5)11(2)14(19)17(6)7/h10-12H,8-9H2,1-7H3/t10-,11+,12+/m0/s1. The first kappa shape index (κ1) is 18.1. The molecule has 0 heterocycles. The summed E-state index contributed by atoms with van der Waals surface area (Å²) >= 11 is 0. The van der Waals surface area contributed by atoms with Gasteiger partial charge in [0, 0.05) is 31.8 Å². The van der Waals surface area contributed by atoms with Crippen LogP contribution in [-0.2, 0) is 9.59 Å². The van der Waals surface area contributed by atoms with Crippen LogP contribution in [0.1, 0.15) is 41.0 Å². The lowest BCUT2D eigenvalue weighted by Crippen LogP contribution is -2.37. The van der Waals surface area contributed by atoms with Crippen LogP contribution in [0, 0.1) is 23.2 Å². The molecular formula is C15H28FNO2. The lowest BCUT2D eigenvalue weighted by atomic mass is 9.75. The molecular weight excluding hydrogens is 245 g/mol. The monoisotopic (exact) mass is 273 g/mol. The average Bonchev–Trinajstić information content (AvgIpc) is 2.31. The lowest BCUT2D eigenvalue weighted by Gasteiger charge is -2.30. The molecule has 0 aromatic carbocycles. The Labute approximate surface area is 116 Å². The summed E-state index contributed by atoms with van der Waals surface area (Å²) in [6.45, 7) is 8.60. The van der Waals surface area contributed by atoms with Crippen LogP contribution in [0.2, 0.25) is 0 Å². The van der Waals surface area contributed by atoms with Gasteiger partial charge in [-0.2, -0.15) is 0 Å². The third kappa shape index (κ3) is 5.29. The molecule has 0 saturated heterocycles. The minimum Gasteiger partial charge on any atom is -0.349 e. The van der Waals surface area contributed by atoms with Crippen molar-refractivity contribution in [3.63, 3.8) is 0 Å². The van der Waals surface area contributed by atoms with Gasteiger partial charge in [-0.3, -0.25) is 14.0 Å². The predicted molar refractivity (Wildman–Crippen MR) is 75.6 cm³/mol. The van der Waals surface area contributed by atoms with Gasteiger partial charge < -0.3 is 4.90 Å². The minimum atomic E-state index is -0.507. The Morgan fingerprint density at radius 2 is 1.63 bits per heavy atom. The van der Waals surface area contributed by atoms with Gasteiger partial charge in [0.2, 0.25) is 5.91 Å². The van der Waals surface area contributed by atoms with Crippen LogP contribution >= 0.6 is 0 Å². The van der Waals surface area contributed by atoms with Crippen LogP contribution in [0.5, 0.6) is 0 Å². The van der Waals surface area contributed by atoms with Gasteiger partial charge in [0.15, 0.2) is 0 Å². The summed E-state index contributed by atoms with van der Waals surface area (Å²) in [5.41, 5.74) is -0.449. The predicted octanol–water partition coefficient (Wildman–Crippen LogP) is 2.94. The number of halogens is 1. The Hall–Kier alpha value is -0.930. The lowest BCUT2D eigenvalue weighted by molar-refractivity contribution is -0.136. The highest BCUT2D eigenvalue weighted by Crippen LogP contribution is 2.30. The topological polar surface area (TPSA) is 37.4 Å². The third-order valence-electron chi connectivity index (χ3n) is 3.70. The van der Waals surface area contributed by atoms with Crippen molar-refractivity contribution in [2.45, 2.75) is 41.0 Å². The fourth-order valence-corrected chi connectivity index (χ4v) is 2.10. The number of carbonyl (C=O) groups excluding carboxylic acids is 2. The zero-order valence-electron chi connectivity index (χ0n) is 13.3. The molecule has 0 aliphatic carbocycles. The number of rotatable bonds is 6. The average molecular weight is 273 g/mol. The number of hydrogen-bond donors (Lipinski definition) is 0. The van der Waals surface area contributed by atoms with Crippen LogP contribution in [0.25, 0.3) is 0 Å². The van der Waals surface area contributed by atoms with Crippen LogP contribution < -0.4 is 0 Å². The highest BCUT2D eigenvalue weighted by molar-refractivity contribution is 5.85. The Balaban J connectivity index is 5.03. The molecule has 19 heavy (non-hydrogen) atoms. The van der Waals surface area contributed by atoms with Gasteiger partial charge in [-0.1, -0.05) is 34.6 Å². The number of ketones is 1. The quantitative estimate of drug-likeness (QED) is 0.746. The van der Waals surface area contributed by atoms with Crippen molar-refractivity contribution in [3.8, 4) is 0 Å². The highest BCUT2D eigenvalue weighted by atomic mass is 19.1. The van der Waals surface area contributed by atoms with Crippen molar-refractivity contribution in [2.75, 3.05) is 20.8 Å². The van der Waals surface area contributed by atoms with Crippen molar-refractivity contribution in [1.82, 2.24) is 4.90 Å². The molecule has 0 aliphatic heterocycles. The number of alkyl halides is 1. The molecule has 0 aromatic heterocycles. The van der Waals surface area contributed by atoms with Crippen LogP contribution in [0.3, 0.4) is 0 Å². The Morgan fingerprint density at radius 3 is 1.95 bits per heavy atom. The smallest absolute Gasteiger partial charge is 0.225 e. The molecule has 0 bridgehead atoms. The van der Waals surface area contributed by atoms with E-state index in [1.54, 1.807) is 27.9 Å². The van der Waals surface area contributed by atoms with Crippen molar-refractivity contribution >= 4 is 11.7 Å². The second-order valence-electron chi connectivity index (χ2n) is 6.69.